The lowest BCUT2D eigenvalue weighted by Gasteiger charge is -1.91. The number of alkyl halides is 2. The van der Waals surface area contributed by atoms with Crippen molar-refractivity contribution in [1.82, 2.24) is 0 Å². The molecule has 0 spiro atoms. The van der Waals surface area contributed by atoms with E-state index in [0.29, 0.717) is 0 Å². The second kappa shape index (κ2) is 4.28. The zero-order valence-electron chi connectivity index (χ0n) is 3.32. The van der Waals surface area contributed by atoms with Crippen molar-refractivity contribution < 1.29 is 0 Å². The molecular formula is C3H5AlCl2. The second-order valence-corrected chi connectivity index (χ2v) is 2.82. The molecule has 2 radical (unpaired) electrons. The second-order valence-electron chi connectivity index (χ2n) is 0.968. The molecule has 0 N–H and O–H groups in total. The molecule has 6 heavy (non-hydrogen) atoms. The minimum Gasteiger partial charge on any atom is -0.115 e. The molecule has 0 fully saturated rings. The Balaban J connectivity index is 2.63. The minimum absolute atomic E-state index is 0.178. The highest BCUT2D eigenvalue weighted by atomic mass is 35.5. The SMILES string of the molecule is [Al][CH2]CC(Cl)Cl. The van der Waals surface area contributed by atoms with E-state index in [1.54, 1.807) is 0 Å². The van der Waals surface area contributed by atoms with Gasteiger partial charge in [0.05, 0.1) is 0 Å². The molecule has 0 amide bonds. The lowest BCUT2D eigenvalue weighted by atomic mass is 10.6. The molecule has 0 unspecified atom stereocenters. The smallest absolute Gasteiger partial charge is 0.115 e. The predicted molar refractivity (Wildman–Crippen MR) is 30.7 cm³/mol. The van der Waals surface area contributed by atoms with Gasteiger partial charge < -0.3 is 0 Å². The third-order valence-electron chi connectivity index (χ3n) is 0.385. The van der Waals surface area contributed by atoms with Crippen molar-refractivity contribution in [3.63, 3.8) is 0 Å². The Labute approximate surface area is 56.2 Å². The van der Waals surface area contributed by atoms with Gasteiger partial charge in [-0.05, 0) is 6.42 Å². The lowest BCUT2D eigenvalue weighted by Crippen LogP contribution is -1.82. The van der Waals surface area contributed by atoms with Crippen LogP contribution in [0.2, 0.25) is 5.28 Å². The van der Waals surface area contributed by atoms with E-state index in [1.807, 2.05) is 0 Å². The number of hydrogen-bond donors (Lipinski definition) is 0. The Morgan fingerprint density at radius 1 is 1.50 bits per heavy atom. The van der Waals surface area contributed by atoms with Crippen molar-refractivity contribution >= 4 is 39.5 Å². The van der Waals surface area contributed by atoms with Gasteiger partial charge in [0, 0.05) is 0 Å². The van der Waals surface area contributed by atoms with Gasteiger partial charge in [0.15, 0.2) is 0 Å². The molecule has 0 aromatic heterocycles. The molecule has 3 heteroatoms. The molecule has 0 rings (SSSR count). The molecule has 0 aliphatic rings. The highest BCUT2D eigenvalue weighted by molar-refractivity contribution is 6.44. The zero-order chi connectivity index (χ0) is 4.99. The van der Waals surface area contributed by atoms with Gasteiger partial charge in [0.25, 0.3) is 0 Å². The summed E-state index contributed by atoms with van der Waals surface area (Å²) in [5.74, 6) is 0. The molecule has 0 saturated heterocycles. The molecular weight excluding hydrogens is 134 g/mol. The normalized spacial score (nSPS) is 9.83. The highest BCUT2D eigenvalue weighted by Crippen LogP contribution is 2.07. The molecule has 34 valence electrons. The standard InChI is InChI=1S/C3H5Cl2.Al/c1-2-3(4)5;/h3H,1-2H2;. The van der Waals surface area contributed by atoms with Crippen LogP contribution >= 0.6 is 23.2 Å². The van der Waals surface area contributed by atoms with Crippen LogP contribution in [0.3, 0.4) is 0 Å². The average Bonchev–Trinajstić information content (AvgIpc) is 1.35. The van der Waals surface area contributed by atoms with Crippen molar-refractivity contribution in [2.45, 2.75) is 16.5 Å². The van der Waals surface area contributed by atoms with Gasteiger partial charge in [-0.25, -0.2) is 0 Å². The first-order chi connectivity index (χ1) is 2.77. The Hall–Kier alpha value is 1.11. The minimum atomic E-state index is -0.178. The fraction of sp³-hybridized carbons (Fsp3) is 1.00. The van der Waals surface area contributed by atoms with Crippen LogP contribution in [-0.2, 0) is 0 Å². The molecule has 0 aromatic carbocycles. The summed E-state index contributed by atoms with van der Waals surface area (Å²) in [7, 11) is 0. The van der Waals surface area contributed by atoms with Crippen LogP contribution in [0.5, 0.6) is 0 Å². The fourth-order valence-corrected chi connectivity index (χ4v) is 1.13. The molecule has 0 bridgehead atoms. The molecule has 0 aliphatic carbocycles. The zero-order valence-corrected chi connectivity index (χ0v) is 5.99. The van der Waals surface area contributed by atoms with E-state index < -0.39 is 0 Å². The monoisotopic (exact) mass is 138 g/mol. The average molecular weight is 139 g/mol. The summed E-state index contributed by atoms with van der Waals surface area (Å²) >= 11 is 13.2. The summed E-state index contributed by atoms with van der Waals surface area (Å²) in [4.78, 5) is -0.178. The molecule has 0 nitrogen and oxygen atoms in total. The van der Waals surface area contributed by atoms with E-state index in [4.69, 9.17) is 23.2 Å². The van der Waals surface area contributed by atoms with Gasteiger partial charge in [-0.2, -0.15) is 0 Å². The summed E-state index contributed by atoms with van der Waals surface area (Å²) in [5, 5.41) is 0.984. The van der Waals surface area contributed by atoms with E-state index in [2.05, 4.69) is 16.3 Å². The van der Waals surface area contributed by atoms with Crippen molar-refractivity contribution in [2.24, 2.45) is 0 Å². The number of hydrogen-bond acceptors (Lipinski definition) is 0. The molecule has 0 aromatic rings. The summed E-state index contributed by atoms with van der Waals surface area (Å²) in [6.07, 6.45) is 0.869. The van der Waals surface area contributed by atoms with E-state index in [1.165, 1.54) is 0 Å². The largest absolute Gasteiger partial charge is 0.118 e. The van der Waals surface area contributed by atoms with Crippen LogP contribution in [0.25, 0.3) is 0 Å². The quantitative estimate of drug-likeness (QED) is 0.404. The molecule has 0 heterocycles. The van der Waals surface area contributed by atoms with E-state index in [0.717, 1.165) is 11.7 Å². The molecule has 0 aliphatic heterocycles. The van der Waals surface area contributed by atoms with Gasteiger partial charge >= 0.3 is 0 Å². The van der Waals surface area contributed by atoms with Gasteiger partial charge in [0.2, 0.25) is 0 Å². The van der Waals surface area contributed by atoms with E-state index in [-0.39, 0.29) is 4.84 Å². The van der Waals surface area contributed by atoms with Crippen molar-refractivity contribution in [1.29, 1.82) is 0 Å². The maximum atomic E-state index is 5.33. The maximum absolute atomic E-state index is 5.33. The summed E-state index contributed by atoms with van der Waals surface area (Å²) in [6.45, 7) is 0. The summed E-state index contributed by atoms with van der Waals surface area (Å²) in [6, 6.07) is 0. The number of halogens is 2. The van der Waals surface area contributed by atoms with Crippen LogP contribution in [0.4, 0.5) is 0 Å². The topological polar surface area (TPSA) is 0 Å². The first kappa shape index (κ1) is 7.11. The molecule has 0 atom stereocenters. The van der Waals surface area contributed by atoms with Crippen LogP contribution in [0, 0.1) is 0 Å². The fourth-order valence-electron chi connectivity index (χ4n) is 0.126. The van der Waals surface area contributed by atoms with E-state index >= 15 is 0 Å². The van der Waals surface area contributed by atoms with Crippen molar-refractivity contribution in [3.8, 4) is 0 Å². The lowest BCUT2D eigenvalue weighted by molar-refractivity contribution is 1.03. The Morgan fingerprint density at radius 3 is 2.00 bits per heavy atom. The Bertz CT molecular complexity index is 30.0. The van der Waals surface area contributed by atoms with E-state index in [9.17, 15) is 0 Å². The van der Waals surface area contributed by atoms with Crippen LogP contribution in [0.15, 0.2) is 0 Å². The summed E-state index contributed by atoms with van der Waals surface area (Å²) < 4.78 is 0. The van der Waals surface area contributed by atoms with Crippen LogP contribution in [0.1, 0.15) is 6.42 Å². The predicted octanol–water partition coefficient (Wildman–Crippen LogP) is 1.77. The Kier molecular flexibility index (Phi) is 5.07. The number of rotatable bonds is 2. The van der Waals surface area contributed by atoms with Crippen LogP contribution < -0.4 is 0 Å². The third-order valence-corrected chi connectivity index (χ3v) is 1.15. The van der Waals surface area contributed by atoms with Gasteiger partial charge in [-0.1, -0.05) is 0 Å². The van der Waals surface area contributed by atoms with Crippen molar-refractivity contribution in [2.75, 3.05) is 0 Å². The highest BCUT2D eigenvalue weighted by Gasteiger charge is 1.90. The van der Waals surface area contributed by atoms with Crippen molar-refractivity contribution in [3.05, 3.63) is 0 Å². The van der Waals surface area contributed by atoms with Gasteiger partial charge in [0.1, 0.15) is 21.1 Å². The third kappa shape index (κ3) is 5.11. The van der Waals surface area contributed by atoms with Gasteiger partial charge in [-0.15, -0.1) is 28.5 Å². The molecule has 0 saturated carbocycles. The first-order valence-electron chi connectivity index (χ1n) is 1.75. The first-order valence-corrected chi connectivity index (χ1v) is 3.44. The summed E-state index contributed by atoms with van der Waals surface area (Å²) in [5.41, 5.74) is 0. The van der Waals surface area contributed by atoms with Gasteiger partial charge in [-0.3, -0.25) is 0 Å². The van der Waals surface area contributed by atoms with Crippen LogP contribution in [-0.4, -0.2) is 21.1 Å². The Morgan fingerprint density at radius 2 is 2.00 bits per heavy atom. The maximum Gasteiger partial charge on any atom is 0.118 e.